The Kier molecular flexibility index (Phi) is 8.75. The Labute approximate surface area is 247 Å². The summed E-state index contributed by atoms with van der Waals surface area (Å²) < 4.78 is 51.3. The van der Waals surface area contributed by atoms with Gasteiger partial charge in [0.25, 0.3) is 5.91 Å². The lowest BCUT2D eigenvalue weighted by atomic mass is 10.0. The van der Waals surface area contributed by atoms with Crippen molar-refractivity contribution in [3.8, 4) is 11.3 Å². The molecule has 0 aliphatic heterocycles. The first-order valence-corrected chi connectivity index (χ1v) is 12.9. The van der Waals surface area contributed by atoms with E-state index in [2.05, 4.69) is 40.5 Å². The molecule has 4 N–H and O–H groups in total. The molecule has 0 bridgehead atoms. The highest BCUT2D eigenvalue weighted by atomic mass is 35.5. The number of amides is 2. The van der Waals surface area contributed by atoms with E-state index in [1.165, 1.54) is 49.8 Å². The number of imidazole rings is 1. The number of ether oxygens (including phenoxy) is 2. The van der Waals surface area contributed by atoms with Crippen LogP contribution >= 0.6 is 11.6 Å². The van der Waals surface area contributed by atoms with Crippen LogP contribution in [-0.2, 0) is 22.1 Å². The van der Waals surface area contributed by atoms with Crippen LogP contribution in [0.4, 0.5) is 29.5 Å². The molecule has 0 saturated heterocycles. The van der Waals surface area contributed by atoms with Gasteiger partial charge in [-0.25, -0.2) is 19.6 Å². The minimum absolute atomic E-state index is 0.0320. The number of pyridine rings is 1. The largest absolute Gasteiger partial charge is 0.465 e. The fourth-order valence-electron chi connectivity index (χ4n) is 3.85. The molecule has 226 valence electrons. The number of nitrogens with one attached hydrogen (secondary N) is 4. The molecule has 0 aliphatic rings. The number of esters is 1. The Morgan fingerprint density at radius 3 is 2.37 bits per heavy atom. The van der Waals surface area contributed by atoms with Gasteiger partial charge in [-0.3, -0.25) is 15.2 Å². The summed E-state index contributed by atoms with van der Waals surface area (Å²) >= 11 is 6.08. The van der Waals surface area contributed by atoms with Crippen LogP contribution < -0.4 is 10.6 Å². The van der Waals surface area contributed by atoms with Gasteiger partial charge in [0.1, 0.15) is 11.4 Å². The summed E-state index contributed by atoms with van der Waals surface area (Å²) in [5.41, 5.74) is -1.28. The highest BCUT2D eigenvalue weighted by molar-refractivity contribution is 6.34. The molecule has 0 spiro atoms. The van der Waals surface area contributed by atoms with E-state index in [-0.39, 0.29) is 56.9 Å². The van der Waals surface area contributed by atoms with Gasteiger partial charge < -0.3 is 19.8 Å². The number of H-pyrrole nitrogens is 2. The van der Waals surface area contributed by atoms with Crippen LogP contribution in [0.3, 0.4) is 0 Å². The summed E-state index contributed by atoms with van der Waals surface area (Å²) in [6.07, 6.45) is -3.35. The van der Waals surface area contributed by atoms with Crippen molar-refractivity contribution < 1.29 is 37.0 Å². The van der Waals surface area contributed by atoms with Crippen LogP contribution in [0.15, 0.2) is 42.7 Å². The molecule has 0 radical (unpaired) electrons. The van der Waals surface area contributed by atoms with Gasteiger partial charge in [-0.2, -0.15) is 18.3 Å². The minimum Gasteiger partial charge on any atom is -0.465 e. The topological polar surface area (TPSA) is 164 Å². The van der Waals surface area contributed by atoms with Gasteiger partial charge in [0.05, 0.1) is 23.4 Å². The molecule has 3 aromatic heterocycles. The number of hydrogen-bond acceptors (Lipinski definition) is 8. The lowest BCUT2D eigenvalue weighted by Crippen LogP contribution is -2.27. The molecule has 0 aliphatic carbocycles. The van der Waals surface area contributed by atoms with Gasteiger partial charge >= 0.3 is 18.2 Å². The van der Waals surface area contributed by atoms with E-state index in [1.807, 2.05) is 0 Å². The Balaban J connectivity index is 1.53. The Morgan fingerprint density at radius 1 is 1.02 bits per heavy atom. The first-order valence-electron chi connectivity index (χ1n) is 12.5. The third-order valence-electron chi connectivity index (χ3n) is 5.66. The molecule has 0 saturated carbocycles. The second-order valence-corrected chi connectivity index (χ2v) is 10.5. The van der Waals surface area contributed by atoms with Crippen molar-refractivity contribution in [2.45, 2.75) is 39.0 Å². The van der Waals surface area contributed by atoms with Crippen molar-refractivity contribution in [3.05, 3.63) is 76.1 Å². The number of aromatic amines is 2. The van der Waals surface area contributed by atoms with Crippen LogP contribution in [0.25, 0.3) is 11.3 Å². The predicted octanol–water partition coefficient (Wildman–Crippen LogP) is 5.84. The maximum Gasteiger partial charge on any atom is 0.435 e. The SMILES string of the molecule is COC(=O)c1ccc(NC(=O)c2ncc(Cc3c(C(F)(F)F)n[nH]c3-c3ccc(NC(=O)OC(C)(C)C)nc3)[nH]2)cc1Cl. The minimum atomic E-state index is -4.79. The Hall–Kier alpha value is -4.92. The van der Waals surface area contributed by atoms with Crippen molar-refractivity contribution >= 4 is 41.1 Å². The van der Waals surface area contributed by atoms with E-state index in [0.29, 0.717) is 0 Å². The van der Waals surface area contributed by atoms with Crippen LogP contribution in [0.2, 0.25) is 5.02 Å². The monoisotopic (exact) mass is 619 g/mol. The first-order chi connectivity index (χ1) is 20.1. The van der Waals surface area contributed by atoms with Crippen LogP contribution in [-0.4, -0.2) is 55.8 Å². The first kappa shape index (κ1) is 31.0. The molecule has 4 aromatic rings. The molecule has 43 heavy (non-hydrogen) atoms. The molecule has 4 rings (SSSR count). The summed E-state index contributed by atoms with van der Waals surface area (Å²) in [4.78, 5) is 47.2. The maximum atomic E-state index is 13.8. The zero-order chi connectivity index (χ0) is 31.5. The molecule has 2 amide bonds. The Morgan fingerprint density at radius 2 is 1.77 bits per heavy atom. The standard InChI is InChI=1S/C27H25ClF3N7O5/c1-26(2,3)43-25(41)36-19-8-5-13(11-32-19)20-17(21(38-37-20)27(29,30)31)9-15-12-33-22(34-15)23(39)35-14-6-7-16(18(28)10-14)24(40)42-4/h5-8,10-12H,9H2,1-4H3,(H,33,34)(H,35,39)(H,37,38)(H,32,36,41). The Bertz CT molecular complexity index is 1660. The third kappa shape index (κ3) is 7.68. The summed E-state index contributed by atoms with van der Waals surface area (Å²) in [5.74, 6) is -1.41. The number of aromatic nitrogens is 5. The lowest BCUT2D eigenvalue weighted by Gasteiger charge is -2.19. The highest BCUT2D eigenvalue weighted by Gasteiger charge is 2.38. The fourth-order valence-corrected chi connectivity index (χ4v) is 4.11. The summed E-state index contributed by atoms with van der Waals surface area (Å²) in [6.45, 7) is 5.08. The van der Waals surface area contributed by atoms with Crippen molar-refractivity contribution in [3.63, 3.8) is 0 Å². The number of nitrogens with zero attached hydrogens (tertiary/aromatic N) is 3. The third-order valence-corrected chi connectivity index (χ3v) is 5.97. The molecule has 12 nitrogen and oxygen atoms in total. The number of methoxy groups -OCH3 is 1. The van der Waals surface area contributed by atoms with Gasteiger partial charge in [-0.05, 0) is 51.1 Å². The van der Waals surface area contributed by atoms with E-state index in [4.69, 9.17) is 16.3 Å². The number of benzene rings is 1. The van der Waals surface area contributed by atoms with Gasteiger partial charge in [-0.15, -0.1) is 0 Å². The van der Waals surface area contributed by atoms with Gasteiger partial charge in [0, 0.05) is 41.3 Å². The molecular formula is C27H25ClF3N7O5. The fraction of sp³-hybridized carbons (Fsp3) is 0.259. The normalized spacial score (nSPS) is 11.6. The van der Waals surface area contributed by atoms with Gasteiger partial charge in [0.15, 0.2) is 11.5 Å². The maximum absolute atomic E-state index is 13.8. The number of halogens is 4. The van der Waals surface area contributed by atoms with Gasteiger partial charge in [-0.1, -0.05) is 11.6 Å². The van der Waals surface area contributed by atoms with Crippen molar-refractivity contribution in [1.29, 1.82) is 0 Å². The predicted molar refractivity (Wildman–Crippen MR) is 149 cm³/mol. The second kappa shape index (κ2) is 12.1. The molecule has 3 heterocycles. The number of hydrogen-bond donors (Lipinski definition) is 4. The molecule has 0 unspecified atom stereocenters. The van der Waals surface area contributed by atoms with Gasteiger partial charge in [0.2, 0.25) is 0 Å². The van der Waals surface area contributed by atoms with Crippen molar-refractivity contribution in [2.75, 3.05) is 17.7 Å². The summed E-state index contributed by atoms with van der Waals surface area (Å²) in [7, 11) is 1.20. The zero-order valence-corrected chi connectivity index (χ0v) is 23.9. The van der Waals surface area contributed by atoms with E-state index >= 15 is 0 Å². The number of alkyl halides is 3. The molecule has 1 aromatic carbocycles. The van der Waals surface area contributed by atoms with Crippen LogP contribution in [0.5, 0.6) is 0 Å². The lowest BCUT2D eigenvalue weighted by molar-refractivity contribution is -0.141. The van der Waals surface area contributed by atoms with Crippen LogP contribution in [0.1, 0.15) is 58.7 Å². The quantitative estimate of drug-likeness (QED) is 0.187. The number of carbonyl (C=O) groups is 3. The van der Waals surface area contributed by atoms with E-state index in [0.717, 1.165) is 0 Å². The van der Waals surface area contributed by atoms with Crippen molar-refractivity contribution in [1.82, 2.24) is 25.1 Å². The van der Waals surface area contributed by atoms with Crippen LogP contribution in [0, 0.1) is 0 Å². The number of carbonyl (C=O) groups excluding carboxylic acids is 3. The van der Waals surface area contributed by atoms with Crippen molar-refractivity contribution in [2.24, 2.45) is 0 Å². The summed E-state index contributed by atoms with van der Waals surface area (Å²) in [5, 5.41) is 10.9. The number of rotatable bonds is 7. The highest BCUT2D eigenvalue weighted by Crippen LogP contribution is 2.36. The average Bonchev–Trinajstić information content (AvgIpc) is 3.55. The van der Waals surface area contributed by atoms with E-state index in [1.54, 1.807) is 20.8 Å². The summed E-state index contributed by atoms with van der Waals surface area (Å²) in [6, 6.07) is 6.99. The van der Waals surface area contributed by atoms with E-state index in [9.17, 15) is 27.6 Å². The number of anilines is 2. The molecule has 0 atom stereocenters. The smallest absolute Gasteiger partial charge is 0.435 e. The molecule has 16 heteroatoms. The molecule has 0 fully saturated rings. The second-order valence-electron chi connectivity index (χ2n) is 10.1. The average molecular weight is 620 g/mol. The van der Waals surface area contributed by atoms with E-state index < -0.39 is 35.4 Å². The zero-order valence-electron chi connectivity index (χ0n) is 23.1. The molecular weight excluding hydrogens is 595 g/mol.